The monoisotopic (exact) mass is 324 g/mol. The highest BCUT2D eigenvalue weighted by atomic mass is 79.9. The van der Waals surface area contributed by atoms with E-state index >= 15 is 0 Å². The van der Waals surface area contributed by atoms with E-state index in [1.54, 1.807) is 12.3 Å². The summed E-state index contributed by atoms with van der Waals surface area (Å²) in [4.78, 5) is 15.4. The van der Waals surface area contributed by atoms with Gasteiger partial charge in [0.2, 0.25) is 0 Å². The van der Waals surface area contributed by atoms with Crippen LogP contribution in [0.15, 0.2) is 22.9 Å². The molecule has 0 saturated carbocycles. The van der Waals surface area contributed by atoms with Gasteiger partial charge in [-0.2, -0.15) is 13.2 Å². The topological polar surface area (TPSA) is 42.0 Å². The van der Waals surface area contributed by atoms with Crippen LogP contribution in [0.5, 0.6) is 0 Å². The molecule has 0 aliphatic carbocycles. The third-order valence-electron chi connectivity index (χ3n) is 2.23. The second-order valence-electron chi connectivity index (χ2n) is 3.84. The van der Waals surface area contributed by atoms with Crippen LogP contribution in [-0.4, -0.2) is 23.0 Å². The van der Waals surface area contributed by atoms with Crippen LogP contribution in [-0.2, 0) is 4.79 Å². The number of nitrogens with zero attached hydrogens (tertiary/aromatic N) is 1. The minimum absolute atomic E-state index is 0.479. The van der Waals surface area contributed by atoms with Crippen molar-refractivity contribution >= 4 is 27.4 Å². The second-order valence-corrected chi connectivity index (χ2v) is 4.76. The first kappa shape index (κ1) is 14.9. The molecule has 0 bridgehead atoms. The van der Waals surface area contributed by atoms with Gasteiger partial charge in [0.25, 0.3) is 0 Å². The summed E-state index contributed by atoms with van der Waals surface area (Å²) in [5.74, 6) is -0.479. The van der Waals surface area contributed by atoms with Crippen molar-refractivity contribution in [3.63, 3.8) is 0 Å². The molecule has 0 unspecified atom stereocenters. The van der Waals surface area contributed by atoms with Gasteiger partial charge in [-0.25, -0.2) is 0 Å². The Morgan fingerprint density at radius 3 is 2.72 bits per heavy atom. The number of anilines is 1. The highest BCUT2D eigenvalue weighted by Gasteiger charge is 2.28. The van der Waals surface area contributed by atoms with Gasteiger partial charge in [0.15, 0.2) is 5.78 Å². The van der Waals surface area contributed by atoms with Crippen LogP contribution in [0, 0.1) is 0 Å². The first-order valence-electron chi connectivity index (χ1n) is 5.24. The fourth-order valence-corrected chi connectivity index (χ4v) is 1.67. The number of ketones is 1. The molecule has 0 aliphatic heterocycles. The Morgan fingerprint density at radius 2 is 2.17 bits per heavy atom. The van der Waals surface area contributed by atoms with E-state index in [0.717, 1.165) is 4.47 Å². The van der Waals surface area contributed by atoms with Gasteiger partial charge in [-0.15, -0.1) is 0 Å². The molecule has 1 rings (SSSR count). The zero-order valence-corrected chi connectivity index (χ0v) is 11.2. The minimum Gasteiger partial charge on any atom is -0.374 e. The number of pyridine rings is 1. The summed E-state index contributed by atoms with van der Waals surface area (Å²) in [7, 11) is 0. The summed E-state index contributed by atoms with van der Waals surface area (Å²) in [6.45, 7) is 1.53. The Hall–Kier alpha value is -1.11. The molecule has 1 aromatic heterocycles. The van der Waals surface area contributed by atoms with E-state index in [1.165, 1.54) is 13.1 Å². The first-order chi connectivity index (χ1) is 8.28. The van der Waals surface area contributed by atoms with Gasteiger partial charge in [0.05, 0.1) is 24.3 Å². The van der Waals surface area contributed by atoms with Crippen molar-refractivity contribution in [2.24, 2.45) is 0 Å². The molecule has 0 amide bonds. The Morgan fingerprint density at radius 1 is 1.50 bits per heavy atom. The Balaban J connectivity index is 2.50. The van der Waals surface area contributed by atoms with Crippen LogP contribution in [0.1, 0.15) is 19.8 Å². The number of carbonyl (C=O) groups is 1. The zero-order chi connectivity index (χ0) is 13.8. The molecule has 18 heavy (non-hydrogen) atoms. The van der Waals surface area contributed by atoms with E-state index in [9.17, 15) is 18.0 Å². The predicted molar refractivity (Wildman–Crippen MR) is 65.3 cm³/mol. The fraction of sp³-hybridized carbons (Fsp3) is 0.455. The molecule has 100 valence electrons. The SMILES string of the molecule is C[C@@H](Nc1cncc(Br)c1)C(=O)CCC(F)(F)F. The minimum atomic E-state index is -4.30. The summed E-state index contributed by atoms with van der Waals surface area (Å²) < 4.78 is 36.6. The number of Topliss-reactive ketones (excluding diaryl/α,β-unsaturated/α-hetero) is 1. The summed E-state index contributed by atoms with van der Waals surface area (Å²) in [5.41, 5.74) is 0.581. The third kappa shape index (κ3) is 5.48. The van der Waals surface area contributed by atoms with E-state index in [4.69, 9.17) is 0 Å². The molecule has 0 aromatic carbocycles. The van der Waals surface area contributed by atoms with Crippen molar-refractivity contribution in [3.8, 4) is 0 Å². The normalized spacial score (nSPS) is 13.2. The molecule has 0 fully saturated rings. The van der Waals surface area contributed by atoms with Gasteiger partial charge < -0.3 is 5.32 Å². The molecule has 0 aliphatic rings. The summed E-state index contributed by atoms with van der Waals surface area (Å²) in [6, 6.07) is 1.02. The van der Waals surface area contributed by atoms with E-state index < -0.39 is 30.8 Å². The van der Waals surface area contributed by atoms with E-state index in [2.05, 4.69) is 26.2 Å². The van der Waals surface area contributed by atoms with E-state index in [-0.39, 0.29) is 0 Å². The standard InChI is InChI=1S/C11H12BrF3N2O/c1-7(10(18)2-3-11(13,14)15)17-9-4-8(12)5-16-6-9/h4-7,17H,2-3H2,1H3/t7-/m1/s1. The molecule has 1 aromatic rings. The quantitative estimate of drug-likeness (QED) is 0.900. The van der Waals surface area contributed by atoms with Crippen molar-refractivity contribution < 1.29 is 18.0 Å². The van der Waals surface area contributed by atoms with Crippen molar-refractivity contribution in [1.82, 2.24) is 4.98 Å². The maximum absolute atomic E-state index is 12.0. The molecular weight excluding hydrogens is 313 g/mol. The molecule has 1 N–H and O–H groups in total. The first-order valence-corrected chi connectivity index (χ1v) is 6.04. The van der Waals surface area contributed by atoms with Gasteiger partial charge in [0, 0.05) is 17.1 Å². The average Bonchev–Trinajstić information content (AvgIpc) is 2.24. The Labute approximate surface area is 111 Å². The summed E-state index contributed by atoms with van der Waals surface area (Å²) >= 11 is 3.21. The van der Waals surface area contributed by atoms with Crippen LogP contribution in [0.3, 0.4) is 0 Å². The molecule has 1 heterocycles. The van der Waals surface area contributed by atoms with Crippen LogP contribution in [0.25, 0.3) is 0 Å². The Kier molecular flexibility index (Phi) is 5.13. The van der Waals surface area contributed by atoms with Gasteiger partial charge in [-0.1, -0.05) is 0 Å². The van der Waals surface area contributed by atoms with Gasteiger partial charge in [-0.3, -0.25) is 9.78 Å². The van der Waals surface area contributed by atoms with Crippen molar-refractivity contribution in [2.75, 3.05) is 5.32 Å². The van der Waals surface area contributed by atoms with Crippen molar-refractivity contribution in [1.29, 1.82) is 0 Å². The van der Waals surface area contributed by atoms with E-state index in [1.807, 2.05) is 0 Å². The highest BCUT2D eigenvalue weighted by molar-refractivity contribution is 9.10. The number of nitrogens with one attached hydrogen (secondary N) is 1. The zero-order valence-electron chi connectivity index (χ0n) is 9.59. The lowest BCUT2D eigenvalue weighted by Gasteiger charge is -2.14. The van der Waals surface area contributed by atoms with E-state index in [0.29, 0.717) is 5.69 Å². The maximum atomic E-state index is 12.0. The third-order valence-corrected chi connectivity index (χ3v) is 2.66. The number of hydrogen-bond donors (Lipinski definition) is 1. The number of hydrogen-bond acceptors (Lipinski definition) is 3. The lowest BCUT2D eigenvalue weighted by molar-refractivity contribution is -0.143. The molecule has 7 heteroatoms. The second kappa shape index (κ2) is 6.17. The van der Waals surface area contributed by atoms with Gasteiger partial charge in [0.1, 0.15) is 0 Å². The van der Waals surface area contributed by atoms with Crippen LogP contribution in [0.4, 0.5) is 18.9 Å². The molecule has 0 spiro atoms. The number of halogens is 4. The van der Waals surface area contributed by atoms with Crippen LogP contribution < -0.4 is 5.32 Å². The molecule has 1 atom stereocenters. The van der Waals surface area contributed by atoms with Gasteiger partial charge in [-0.05, 0) is 28.9 Å². The lowest BCUT2D eigenvalue weighted by Crippen LogP contribution is -2.27. The predicted octanol–water partition coefficient (Wildman–Crippen LogP) is 3.56. The highest BCUT2D eigenvalue weighted by Crippen LogP contribution is 2.22. The number of rotatable bonds is 5. The number of carbonyl (C=O) groups excluding carboxylic acids is 1. The average molecular weight is 325 g/mol. The molecule has 0 radical (unpaired) electrons. The maximum Gasteiger partial charge on any atom is 0.389 e. The lowest BCUT2D eigenvalue weighted by atomic mass is 10.1. The summed E-state index contributed by atoms with van der Waals surface area (Å²) in [6.07, 6.45) is -2.83. The Bertz CT molecular complexity index is 423. The largest absolute Gasteiger partial charge is 0.389 e. The van der Waals surface area contributed by atoms with Crippen LogP contribution in [0.2, 0.25) is 0 Å². The summed E-state index contributed by atoms with van der Waals surface area (Å²) in [5, 5.41) is 2.81. The number of alkyl halides is 3. The fourth-order valence-electron chi connectivity index (χ4n) is 1.30. The molecule has 3 nitrogen and oxygen atoms in total. The molecule has 0 saturated heterocycles. The van der Waals surface area contributed by atoms with Crippen molar-refractivity contribution in [3.05, 3.63) is 22.9 Å². The smallest absolute Gasteiger partial charge is 0.374 e. The van der Waals surface area contributed by atoms with Crippen molar-refractivity contribution in [2.45, 2.75) is 32.0 Å². The molecular formula is C11H12BrF3N2O. The van der Waals surface area contributed by atoms with Crippen LogP contribution >= 0.6 is 15.9 Å². The number of aromatic nitrogens is 1. The van der Waals surface area contributed by atoms with Gasteiger partial charge >= 0.3 is 6.18 Å².